The Morgan fingerprint density at radius 2 is 2.06 bits per heavy atom. The summed E-state index contributed by atoms with van der Waals surface area (Å²) in [5.74, 6) is 0. The molecule has 2 rings (SSSR count). The predicted octanol–water partition coefficient (Wildman–Crippen LogP) is 2.44. The zero-order valence-corrected chi connectivity index (χ0v) is 11.4. The number of hydrogen-bond donors (Lipinski definition) is 1. The number of nitrogens with zero attached hydrogens (tertiary/aromatic N) is 2. The van der Waals surface area contributed by atoms with E-state index in [1.807, 2.05) is 0 Å². The first-order valence-corrected chi connectivity index (χ1v) is 6.71. The summed E-state index contributed by atoms with van der Waals surface area (Å²) in [5, 5.41) is 1.37. The molecule has 0 unspecified atom stereocenters. The van der Waals surface area contributed by atoms with Crippen LogP contribution in [-0.2, 0) is 13.1 Å². The molecule has 0 aliphatic rings. The third-order valence-electron chi connectivity index (χ3n) is 3.40. The molecule has 2 aromatic rings. The number of hydrogen-bond acceptors (Lipinski definition) is 2. The molecule has 2 N–H and O–H groups in total. The molecule has 18 heavy (non-hydrogen) atoms. The van der Waals surface area contributed by atoms with Gasteiger partial charge in [0.2, 0.25) is 0 Å². The van der Waals surface area contributed by atoms with Crippen LogP contribution in [0, 0.1) is 0 Å². The second-order valence-corrected chi connectivity index (χ2v) is 4.84. The Morgan fingerprint density at radius 1 is 1.28 bits per heavy atom. The molecule has 0 aliphatic carbocycles. The summed E-state index contributed by atoms with van der Waals surface area (Å²) in [6.45, 7) is 6.03. The van der Waals surface area contributed by atoms with Gasteiger partial charge in [-0.25, -0.2) is 0 Å². The average Bonchev–Trinajstić information content (AvgIpc) is 2.75. The van der Waals surface area contributed by atoms with Gasteiger partial charge in [-0.05, 0) is 45.1 Å². The number of nitrogens with two attached hydrogens (primary N) is 1. The molecule has 0 saturated heterocycles. The van der Waals surface area contributed by atoms with Gasteiger partial charge in [0.05, 0.1) is 0 Å². The molecule has 98 valence electrons. The fraction of sp³-hybridized carbons (Fsp3) is 0.467. The molecule has 1 aromatic heterocycles. The highest BCUT2D eigenvalue weighted by atomic mass is 15.1. The van der Waals surface area contributed by atoms with Gasteiger partial charge >= 0.3 is 0 Å². The van der Waals surface area contributed by atoms with Crippen LogP contribution in [0.3, 0.4) is 0 Å². The topological polar surface area (TPSA) is 34.2 Å². The fourth-order valence-corrected chi connectivity index (χ4v) is 2.44. The fourth-order valence-electron chi connectivity index (χ4n) is 2.44. The van der Waals surface area contributed by atoms with Crippen LogP contribution in [-0.4, -0.2) is 29.6 Å². The summed E-state index contributed by atoms with van der Waals surface area (Å²) in [5.41, 5.74) is 8.30. The summed E-state index contributed by atoms with van der Waals surface area (Å²) < 4.78 is 2.32. The number of para-hydroxylation sites is 1. The maximum atomic E-state index is 5.56. The van der Waals surface area contributed by atoms with Crippen molar-refractivity contribution in [3.63, 3.8) is 0 Å². The Morgan fingerprint density at radius 3 is 2.78 bits per heavy atom. The molecular weight excluding hydrogens is 222 g/mol. The maximum absolute atomic E-state index is 5.56. The Kier molecular flexibility index (Phi) is 4.39. The SMILES string of the molecule is CCn1cc(CN(C)CCCN)c2ccccc21. The lowest BCUT2D eigenvalue weighted by molar-refractivity contribution is 0.325. The van der Waals surface area contributed by atoms with Gasteiger partial charge in [0.1, 0.15) is 0 Å². The lowest BCUT2D eigenvalue weighted by Crippen LogP contribution is -2.21. The minimum atomic E-state index is 0.765. The van der Waals surface area contributed by atoms with Gasteiger partial charge < -0.3 is 15.2 Å². The van der Waals surface area contributed by atoms with E-state index in [9.17, 15) is 0 Å². The summed E-state index contributed by atoms with van der Waals surface area (Å²) in [7, 11) is 2.16. The second-order valence-electron chi connectivity index (χ2n) is 4.84. The van der Waals surface area contributed by atoms with Crippen molar-refractivity contribution in [3.8, 4) is 0 Å². The quantitative estimate of drug-likeness (QED) is 0.848. The molecule has 0 atom stereocenters. The summed E-state index contributed by atoms with van der Waals surface area (Å²) in [4.78, 5) is 2.34. The van der Waals surface area contributed by atoms with E-state index in [-0.39, 0.29) is 0 Å². The first-order chi connectivity index (χ1) is 8.76. The number of rotatable bonds is 6. The van der Waals surface area contributed by atoms with Crippen molar-refractivity contribution in [2.75, 3.05) is 20.1 Å². The van der Waals surface area contributed by atoms with E-state index in [0.29, 0.717) is 0 Å². The van der Waals surface area contributed by atoms with E-state index in [2.05, 4.69) is 53.9 Å². The molecule has 0 saturated carbocycles. The monoisotopic (exact) mass is 245 g/mol. The average molecular weight is 245 g/mol. The van der Waals surface area contributed by atoms with Crippen molar-refractivity contribution in [1.29, 1.82) is 0 Å². The molecular formula is C15H23N3. The van der Waals surface area contributed by atoms with Gasteiger partial charge in [0, 0.05) is 30.2 Å². The molecule has 0 fully saturated rings. The number of benzene rings is 1. The number of fused-ring (bicyclic) bond motifs is 1. The van der Waals surface area contributed by atoms with Crippen molar-refractivity contribution in [2.24, 2.45) is 5.73 Å². The van der Waals surface area contributed by atoms with Crippen molar-refractivity contribution >= 4 is 10.9 Å². The Bertz CT molecular complexity index is 501. The molecule has 0 amide bonds. The Hall–Kier alpha value is -1.32. The first kappa shape index (κ1) is 13.1. The summed E-state index contributed by atoms with van der Waals surface area (Å²) in [6, 6.07) is 8.64. The third-order valence-corrected chi connectivity index (χ3v) is 3.40. The molecule has 3 heteroatoms. The molecule has 0 radical (unpaired) electrons. The highest BCUT2D eigenvalue weighted by molar-refractivity contribution is 5.83. The predicted molar refractivity (Wildman–Crippen MR) is 77.6 cm³/mol. The lowest BCUT2D eigenvalue weighted by Gasteiger charge is -2.15. The van der Waals surface area contributed by atoms with Crippen molar-refractivity contribution < 1.29 is 0 Å². The minimum absolute atomic E-state index is 0.765. The Labute approximate surface area is 109 Å². The summed E-state index contributed by atoms with van der Waals surface area (Å²) in [6.07, 6.45) is 3.34. The van der Waals surface area contributed by atoms with Crippen molar-refractivity contribution in [3.05, 3.63) is 36.0 Å². The summed E-state index contributed by atoms with van der Waals surface area (Å²) >= 11 is 0. The van der Waals surface area contributed by atoms with E-state index >= 15 is 0 Å². The third kappa shape index (κ3) is 2.74. The van der Waals surface area contributed by atoms with Crippen molar-refractivity contribution in [2.45, 2.75) is 26.4 Å². The van der Waals surface area contributed by atoms with Crippen LogP contribution in [0.1, 0.15) is 18.9 Å². The first-order valence-electron chi connectivity index (χ1n) is 6.71. The van der Waals surface area contributed by atoms with E-state index in [4.69, 9.17) is 5.73 Å². The molecule has 1 aromatic carbocycles. The smallest absolute Gasteiger partial charge is 0.0483 e. The molecule has 1 heterocycles. The van der Waals surface area contributed by atoms with E-state index in [0.717, 1.165) is 32.6 Å². The van der Waals surface area contributed by atoms with Crippen LogP contribution in [0.2, 0.25) is 0 Å². The molecule has 0 bridgehead atoms. The van der Waals surface area contributed by atoms with Gasteiger partial charge in [-0.2, -0.15) is 0 Å². The van der Waals surface area contributed by atoms with E-state index < -0.39 is 0 Å². The molecule has 0 aliphatic heterocycles. The highest BCUT2D eigenvalue weighted by Crippen LogP contribution is 2.22. The zero-order valence-electron chi connectivity index (χ0n) is 11.4. The standard InChI is InChI=1S/C15H23N3/c1-3-18-12-13(11-17(2)10-6-9-16)14-7-4-5-8-15(14)18/h4-5,7-8,12H,3,6,9-11,16H2,1-2H3. The van der Waals surface area contributed by atoms with E-state index in [1.54, 1.807) is 0 Å². The van der Waals surface area contributed by atoms with Crippen LogP contribution >= 0.6 is 0 Å². The minimum Gasteiger partial charge on any atom is -0.347 e. The Balaban J connectivity index is 2.22. The van der Waals surface area contributed by atoms with E-state index in [1.165, 1.54) is 16.5 Å². The lowest BCUT2D eigenvalue weighted by atomic mass is 10.1. The molecule has 3 nitrogen and oxygen atoms in total. The van der Waals surface area contributed by atoms with Gasteiger partial charge in [-0.1, -0.05) is 18.2 Å². The van der Waals surface area contributed by atoms with Crippen molar-refractivity contribution in [1.82, 2.24) is 9.47 Å². The number of aromatic nitrogens is 1. The van der Waals surface area contributed by atoms with Gasteiger partial charge in [-0.15, -0.1) is 0 Å². The number of aryl methyl sites for hydroxylation is 1. The van der Waals surface area contributed by atoms with Gasteiger partial charge in [-0.3, -0.25) is 0 Å². The van der Waals surface area contributed by atoms with Crippen LogP contribution in [0.25, 0.3) is 10.9 Å². The van der Waals surface area contributed by atoms with Crippen LogP contribution in [0.4, 0.5) is 0 Å². The van der Waals surface area contributed by atoms with Gasteiger partial charge in [0.15, 0.2) is 0 Å². The molecule has 0 spiro atoms. The second kappa shape index (κ2) is 6.03. The van der Waals surface area contributed by atoms with Crippen LogP contribution in [0.5, 0.6) is 0 Å². The highest BCUT2D eigenvalue weighted by Gasteiger charge is 2.08. The van der Waals surface area contributed by atoms with Crippen LogP contribution < -0.4 is 5.73 Å². The van der Waals surface area contributed by atoms with Crippen LogP contribution in [0.15, 0.2) is 30.5 Å². The maximum Gasteiger partial charge on any atom is 0.0483 e. The normalized spacial score (nSPS) is 11.6. The zero-order chi connectivity index (χ0) is 13.0. The largest absolute Gasteiger partial charge is 0.347 e. The van der Waals surface area contributed by atoms with Gasteiger partial charge in [0.25, 0.3) is 0 Å².